The van der Waals surface area contributed by atoms with Crippen LogP contribution >= 0.6 is 0 Å². The zero-order valence-electron chi connectivity index (χ0n) is 17.0. The molecule has 29 heavy (non-hydrogen) atoms. The molecule has 10 nitrogen and oxygen atoms in total. The Kier molecular flexibility index (Phi) is 5.97. The van der Waals surface area contributed by atoms with E-state index in [9.17, 15) is 14.7 Å². The lowest BCUT2D eigenvalue weighted by Crippen LogP contribution is -2.46. The van der Waals surface area contributed by atoms with E-state index in [2.05, 4.69) is 10.3 Å². The average Bonchev–Trinajstić information content (AvgIpc) is 3.00. The molecule has 0 aliphatic carbocycles. The molecule has 2 fully saturated rings. The van der Waals surface area contributed by atoms with Crippen LogP contribution in [0.1, 0.15) is 38.2 Å². The Morgan fingerprint density at radius 3 is 2.59 bits per heavy atom. The molecule has 0 radical (unpaired) electrons. The summed E-state index contributed by atoms with van der Waals surface area (Å²) in [4.78, 5) is 29.1. The Balaban J connectivity index is 1.76. The SMILES string of the molecule is COc1ccnc(C(=O)N[C@H]2CO[C@H](C)[C@H]3OC(C)(C)O[C@@H]3[C@@H](C)OC2=O)c1O. The second kappa shape index (κ2) is 8.13. The van der Waals surface area contributed by atoms with Gasteiger partial charge in [-0.1, -0.05) is 0 Å². The molecule has 0 spiro atoms. The Morgan fingerprint density at radius 1 is 1.28 bits per heavy atom. The normalized spacial score (nSPS) is 31.6. The lowest BCUT2D eigenvalue weighted by Gasteiger charge is -2.25. The molecule has 5 atom stereocenters. The van der Waals surface area contributed by atoms with Crippen LogP contribution in [0.4, 0.5) is 0 Å². The molecule has 2 N–H and O–H groups in total. The van der Waals surface area contributed by atoms with Gasteiger partial charge in [0.1, 0.15) is 18.3 Å². The van der Waals surface area contributed by atoms with Crippen LogP contribution in [-0.4, -0.2) is 71.9 Å². The lowest BCUT2D eigenvalue weighted by molar-refractivity contribution is -0.176. The van der Waals surface area contributed by atoms with Crippen LogP contribution in [0.15, 0.2) is 12.3 Å². The van der Waals surface area contributed by atoms with E-state index >= 15 is 0 Å². The highest BCUT2D eigenvalue weighted by molar-refractivity contribution is 5.98. The molecule has 1 aromatic rings. The maximum Gasteiger partial charge on any atom is 0.331 e. The maximum atomic E-state index is 12.6. The summed E-state index contributed by atoms with van der Waals surface area (Å²) >= 11 is 0. The van der Waals surface area contributed by atoms with Gasteiger partial charge in [-0.25, -0.2) is 9.78 Å². The molecule has 0 saturated carbocycles. The van der Waals surface area contributed by atoms with E-state index in [0.717, 1.165) is 0 Å². The van der Waals surface area contributed by atoms with Gasteiger partial charge in [-0.2, -0.15) is 0 Å². The van der Waals surface area contributed by atoms with Crippen molar-refractivity contribution in [3.8, 4) is 11.5 Å². The summed E-state index contributed by atoms with van der Waals surface area (Å²) < 4.78 is 28.0. The van der Waals surface area contributed by atoms with E-state index in [4.69, 9.17) is 23.7 Å². The number of carbonyl (C=O) groups excluding carboxylic acids is 2. The van der Waals surface area contributed by atoms with Crippen LogP contribution in [0.25, 0.3) is 0 Å². The van der Waals surface area contributed by atoms with Gasteiger partial charge in [0.15, 0.2) is 29.0 Å². The maximum absolute atomic E-state index is 12.6. The van der Waals surface area contributed by atoms with Gasteiger partial charge < -0.3 is 34.1 Å². The third kappa shape index (κ3) is 4.44. The summed E-state index contributed by atoms with van der Waals surface area (Å²) in [5, 5.41) is 12.6. The smallest absolute Gasteiger partial charge is 0.331 e. The molecule has 160 valence electrons. The quantitative estimate of drug-likeness (QED) is 0.695. The number of rotatable bonds is 3. The van der Waals surface area contributed by atoms with Crippen molar-refractivity contribution in [2.24, 2.45) is 0 Å². The lowest BCUT2D eigenvalue weighted by atomic mass is 10.1. The number of carbonyl (C=O) groups is 2. The van der Waals surface area contributed by atoms with Gasteiger partial charge in [-0.05, 0) is 27.7 Å². The molecule has 2 saturated heterocycles. The number of nitrogens with zero attached hydrogens (tertiary/aromatic N) is 1. The van der Waals surface area contributed by atoms with Gasteiger partial charge >= 0.3 is 5.97 Å². The molecular weight excluding hydrogens is 384 g/mol. The second-order valence-electron chi connectivity index (χ2n) is 7.48. The van der Waals surface area contributed by atoms with E-state index in [1.54, 1.807) is 27.7 Å². The third-order valence-corrected chi connectivity index (χ3v) is 4.83. The van der Waals surface area contributed by atoms with Crippen molar-refractivity contribution >= 4 is 11.9 Å². The Labute approximate surface area is 168 Å². The Hall–Kier alpha value is -2.43. The number of fused-ring (bicyclic) bond motifs is 1. The number of hydrogen-bond donors (Lipinski definition) is 2. The van der Waals surface area contributed by atoms with Gasteiger partial charge in [-0.15, -0.1) is 0 Å². The average molecular weight is 410 g/mol. The first-order chi connectivity index (χ1) is 13.6. The van der Waals surface area contributed by atoms with Crippen LogP contribution in [0, 0.1) is 0 Å². The first-order valence-electron chi connectivity index (χ1n) is 9.33. The van der Waals surface area contributed by atoms with Crippen LogP contribution < -0.4 is 10.1 Å². The van der Waals surface area contributed by atoms with Crippen LogP contribution in [0.5, 0.6) is 11.5 Å². The predicted molar refractivity (Wildman–Crippen MR) is 98.5 cm³/mol. The zero-order chi connectivity index (χ0) is 21.3. The second-order valence-corrected chi connectivity index (χ2v) is 7.48. The number of cyclic esters (lactones) is 1. The summed E-state index contributed by atoms with van der Waals surface area (Å²) in [6.07, 6.45) is -0.677. The molecule has 2 aliphatic heterocycles. The number of nitrogens with one attached hydrogen (secondary N) is 1. The van der Waals surface area contributed by atoms with E-state index in [1.165, 1.54) is 19.4 Å². The van der Waals surface area contributed by atoms with Crippen molar-refractivity contribution < 1.29 is 38.4 Å². The van der Waals surface area contributed by atoms with Gasteiger partial charge in [0.05, 0.1) is 19.8 Å². The van der Waals surface area contributed by atoms with E-state index < -0.39 is 53.9 Å². The molecule has 2 aliphatic rings. The molecule has 10 heteroatoms. The minimum absolute atomic E-state index is 0.0884. The fourth-order valence-electron chi connectivity index (χ4n) is 3.38. The minimum Gasteiger partial charge on any atom is -0.503 e. The monoisotopic (exact) mass is 410 g/mol. The summed E-state index contributed by atoms with van der Waals surface area (Å²) in [5.41, 5.74) is -0.275. The molecule has 0 aromatic carbocycles. The number of aromatic nitrogens is 1. The number of pyridine rings is 1. The van der Waals surface area contributed by atoms with Crippen molar-refractivity contribution in [3.63, 3.8) is 0 Å². The van der Waals surface area contributed by atoms with Gasteiger partial charge in [0.25, 0.3) is 5.91 Å². The highest BCUT2D eigenvalue weighted by Crippen LogP contribution is 2.34. The van der Waals surface area contributed by atoms with E-state index in [-0.39, 0.29) is 18.1 Å². The topological polar surface area (TPSA) is 125 Å². The van der Waals surface area contributed by atoms with E-state index in [1.807, 2.05) is 0 Å². The van der Waals surface area contributed by atoms with Crippen molar-refractivity contribution in [2.45, 2.75) is 63.9 Å². The van der Waals surface area contributed by atoms with Gasteiger partial charge in [0, 0.05) is 12.3 Å². The van der Waals surface area contributed by atoms with Gasteiger partial charge in [0.2, 0.25) is 0 Å². The summed E-state index contributed by atoms with van der Waals surface area (Å²) in [6.45, 7) is 6.93. The number of aromatic hydroxyl groups is 1. The molecule has 1 aromatic heterocycles. The number of hydrogen-bond acceptors (Lipinski definition) is 9. The van der Waals surface area contributed by atoms with Gasteiger partial charge in [-0.3, -0.25) is 4.79 Å². The first kappa shape index (κ1) is 21.3. The Bertz CT molecular complexity index is 783. The highest BCUT2D eigenvalue weighted by Gasteiger charge is 2.49. The molecule has 3 heterocycles. The summed E-state index contributed by atoms with van der Waals surface area (Å²) in [5.74, 6) is -2.61. The van der Waals surface area contributed by atoms with Crippen LogP contribution in [0.2, 0.25) is 0 Å². The fraction of sp³-hybridized carbons (Fsp3) is 0.632. The highest BCUT2D eigenvalue weighted by atomic mass is 16.8. The van der Waals surface area contributed by atoms with Crippen molar-refractivity contribution in [1.82, 2.24) is 10.3 Å². The summed E-state index contributed by atoms with van der Waals surface area (Å²) in [6, 6.07) is 0.305. The molecule has 0 unspecified atom stereocenters. The molecule has 0 bridgehead atoms. The number of esters is 1. The minimum atomic E-state index is -1.10. The largest absolute Gasteiger partial charge is 0.503 e. The standard InChI is InChI=1S/C19H26N2O8/c1-9-15-16(29-19(3,4)28-15)10(2)27-18(24)11(8-26-9)21-17(23)13-14(22)12(25-5)6-7-20-13/h6-7,9-11,15-16,22H,8H2,1-5H3,(H,21,23)/t9-,10-,11+,15-,16-/m1/s1. The fourth-order valence-corrected chi connectivity index (χ4v) is 3.38. The molecule has 1 amide bonds. The number of amides is 1. The van der Waals surface area contributed by atoms with Crippen molar-refractivity contribution in [1.29, 1.82) is 0 Å². The van der Waals surface area contributed by atoms with Crippen LogP contribution in [0.3, 0.4) is 0 Å². The van der Waals surface area contributed by atoms with Crippen LogP contribution in [-0.2, 0) is 23.7 Å². The zero-order valence-corrected chi connectivity index (χ0v) is 17.0. The van der Waals surface area contributed by atoms with E-state index in [0.29, 0.717) is 0 Å². The Morgan fingerprint density at radius 2 is 1.93 bits per heavy atom. The third-order valence-electron chi connectivity index (χ3n) is 4.83. The number of methoxy groups -OCH3 is 1. The molecule has 3 rings (SSSR count). The van der Waals surface area contributed by atoms with Crippen molar-refractivity contribution in [2.75, 3.05) is 13.7 Å². The predicted octanol–water partition coefficient (Wildman–Crippen LogP) is 0.765. The molecular formula is C19H26N2O8. The number of ether oxygens (including phenoxy) is 5. The summed E-state index contributed by atoms with van der Waals surface area (Å²) in [7, 11) is 1.35. The first-order valence-corrected chi connectivity index (χ1v) is 9.33. The van der Waals surface area contributed by atoms with Crippen molar-refractivity contribution in [3.05, 3.63) is 18.0 Å².